The van der Waals surface area contributed by atoms with Gasteiger partial charge in [0, 0.05) is 16.1 Å². The van der Waals surface area contributed by atoms with Gasteiger partial charge in [-0.1, -0.05) is 29.3 Å². The highest BCUT2D eigenvalue weighted by Gasteiger charge is 2.27. The van der Waals surface area contributed by atoms with Gasteiger partial charge in [-0.3, -0.25) is 9.69 Å². The molecule has 0 amide bonds. The van der Waals surface area contributed by atoms with Crippen LogP contribution >= 0.6 is 23.2 Å². The Morgan fingerprint density at radius 2 is 2.00 bits per heavy atom. The zero-order valence-corrected chi connectivity index (χ0v) is 11.4. The highest BCUT2D eigenvalue weighted by molar-refractivity contribution is 6.35. The lowest BCUT2D eigenvalue weighted by Gasteiger charge is -2.27. The summed E-state index contributed by atoms with van der Waals surface area (Å²) < 4.78 is 0. The second-order valence-corrected chi connectivity index (χ2v) is 5.37. The molecule has 1 aromatic carbocycles. The summed E-state index contributed by atoms with van der Waals surface area (Å²) in [7, 11) is 0. The van der Waals surface area contributed by atoms with Crippen LogP contribution in [0.3, 0.4) is 0 Å². The van der Waals surface area contributed by atoms with Crippen LogP contribution in [0, 0.1) is 0 Å². The Balaban J connectivity index is 2.29. The third-order valence-corrected chi connectivity index (χ3v) is 3.83. The molecule has 1 atom stereocenters. The van der Waals surface area contributed by atoms with Crippen molar-refractivity contribution in [2.45, 2.75) is 25.3 Å². The second kappa shape index (κ2) is 5.91. The van der Waals surface area contributed by atoms with Crippen molar-refractivity contribution in [1.82, 2.24) is 4.90 Å². The van der Waals surface area contributed by atoms with Gasteiger partial charge in [0.05, 0.1) is 6.42 Å². The summed E-state index contributed by atoms with van der Waals surface area (Å²) in [5.41, 5.74) is 0.852. The molecule has 98 valence electrons. The summed E-state index contributed by atoms with van der Waals surface area (Å²) in [5.74, 6) is -0.807. The maximum Gasteiger partial charge on any atom is 0.305 e. The predicted molar refractivity (Wildman–Crippen MR) is 72.3 cm³/mol. The zero-order valence-electron chi connectivity index (χ0n) is 9.90. The van der Waals surface area contributed by atoms with Crippen LogP contribution in [0.5, 0.6) is 0 Å². The Morgan fingerprint density at radius 1 is 1.33 bits per heavy atom. The van der Waals surface area contributed by atoms with Crippen LogP contribution < -0.4 is 0 Å². The number of carbonyl (C=O) groups is 1. The number of rotatable bonds is 4. The first-order valence-corrected chi connectivity index (χ1v) is 6.74. The lowest BCUT2D eigenvalue weighted by atomic mass is 10.0. The zero-order chi connectivity index (χ0) is 13.1. The number of halogens is 2. The molecule has 1 saturated heterocycles. The van der Waals surface area contributed by atoms with Crippen LogP contribution in [0.2, 0.25) is 10.0 Å². The van der Waals surface area contributed by atoms with Gasteiger partial charge in [-0.25, -0.2) is 0 Å². The number of hydrogen-bond donors (Lipinski definition) is 1. The molecular weight excluding hydrogens is 273 g/mol. The summed E-state index contributed by atoms with van der Waals surface area (Å²) in [6.07, 6.45) is 2.30. The van der Waals surface area contributed by atoms with Crippen molar-refractivity contribution in [3.8, 4) is 0 Å². The van der Waals surface area contributed by atoms with Crippen LogP contribution in [0.15, 0.2) is 18.2 Å². The number of carboxylic acid groups (broad SMARTS) is 1. The van der Waals surface area contributed by atoms with Gasteiger partial charge in [-0.15, -0.1) is 0 Å². The fraction of sp³-hybridized carbons (Fsp3) is 0.462. The fourth-order valence-electron chi connectivity index (χ4n) is 2.43. The Kier molecular flexibility index (Phi) is 4.49. The van der Waals surface area contributed by atoms with E-state index in [1.54, 1.807) is 12.1 Å². The molecular formula is C13H15Cl2NO2. The number of likely N-dealkylation sites (tertiary alicyclic amines) is 1. The van der Waals surface area contributed by atoms with Crippen molar-refractivity contribution in [1.29, 1.82) is 0 Å². The van der Waals surface area contributed by atoms with Crippen LogP contribution in [0.1, 0.15) is 30.9 Å². The molecule has 0 bridgehead atoms. The average molecular weight is 288 g/mol. The Morgan fingerprint density at radius 3 is 2.56 bits per heavy atom. The lowest BCUT2D eigenvalue weighted by molar-refractivity contribution is -0.138. The van der Waals surface area contributed by atoms with E-state index in [1.165, 1.54) is 0 Å². The normalized spacial score (nSPS) is 17.9. The van der Waals surface area contributed by atoms with E-state index < -0.39 is 5.97 Å². The summed E-state index contributed by atoms with van der Waals surface area (Å²) >= 11 is 12.1. The van der Waals surface area contributed by atoms with Gasteiger partial charge in [-0.2, -0.15) is 0 Å². The first-order valence-electron chi connectivity index (χ1n) is 5.98. The summed E-state index contributed by atoms with van der Waals surface area (Å²) in [6, 6.07) is 5.10. The molecule has 1 fully saturated rings. The lowest BCUT2D eigenvalue weighted by Crippen LogP contribution is -2.27. The van der Waals surface area contributed by atoms with Crippen molar-refractivity contribution in [3.05, 3.63) is 33.8 Å². The van der Waals surface area contributed by atoms with Crippen molar-refractivity contribution in [3.63, 3.8) is 0 Å². The van der Waals surface area contributed by atoms with Crippen molar-refractivity contribution in [2.75, 3.05) is 13.1 Å². The molecule has 1 aliphatic rings. The summed E-state index contributed by atoms with van der Waals surface area (Å²) in [5, 5.41) is 10.2. The van der Waals surface area contributed by atoms with Crippen LogP contribution in [0.4, 0.5) is 0 Å². The standard InChI is InChI=1S/C13H15Cl2NO2/c14-9-3-4-10(11(15)7-9)12(8-13(17)18)16-5-1-2-6-16/h3-4,7,12H,1-2,5-6,8H2,(H,17,18). The van der Waals surface area contributed by atoms with E-state index in [4.69, 9.17) is 28.3 Å². The molecule has 5 heteroatoms. The van der Waals surface area contributed by atoms with Crippen LogP contribution in [0.25, 0.3) is 0 Å². The van der Waals surface area contributed by atoms with E-state index in [9.17, 15) is 4.79 Å². The highest BCUT2D eigenvalue weighted by atomic mass is 35.5. The molecule has 1 aliphatic heterocycles. The highest BCUT2D eigenvalue weighted by Crippen LogP contribution is 2.34. The van der Waals surface area contributed by atoms with Gasteiger partial charge >= 0.3 is 5.97 Å². The molecule has 3 nitrogen and oxygen atoms in total. The molecule has 18 heavy (non-hydrogen) atoms. The topological polar surface area (TPSA) is 40.5 Å². The van der Waals surface area contributed by atoms with Gasteiger partial charge in [0.1, 0.15) is 0 Å². The van der Waals surface area contributed by atoms with Gasteiger partial charge in [-0.05, 0) is 43.6 Å². The first-order chi connectivity index (χ1) is 8.58. The molecule has 1 heterocycles. The minimum absolute atomic E-state index is 0.0708. The minimum Gasteiger partial charge on any atom is -0.481 e. The van der Waals surface area contributed by atoms with E-state index in [-0.39, 0.29) is 12.5 Å². The van der Waals surface area contributed by atoms with E-state index >= 15 is 0 Å². The monoisotopic (exact) mass is 287 g/mol. The first kappa shape index (κ1) is 13.7. The molecule has 0 radical (unpaired) electrons. The summed E-state index contributed by atoms with van der Waals surface area (Å²) in [6.45, 7) is 1.85. The molecule has 0 aliphatic carbocycles. The number of nitrogens with zero attached hydrogens (tertiary/aromatic N) is 1. The van der Waals surface area contributed by atoms with Crippen molar-refractivity contribution < 1.29 is 9.90 Å². The molecule has 1 aromatic rings. The number of carboxylic acids is 1. The second-order valence-electron chi connectivity index (χ2n) is 4.52. The minimum atomic E-state index is -0.807. The Bertz CT molecular complexity index is 445. The van der Waals surface area contributed by atoms with Crippen LogP contribution in [-0.2, 0) is 4.79 Å². The number of benzene rings is 1. The maximum atomic E-state index is 11.0. The van der Waals surface area contributed by atoms with Crippen LogP contribution in [-0.4, -0.2) is 29.1 Å². The average Bonchev–Trinajstić information content (AvgIpc) is 2.79. The quantitative estimate of drug-likeness (QED) is 0.920. The fourth-order valence-corrected chi connectivity index (χ4v) is 2.96. The molecule has 0 saturated carbocycles. The third-order valence-electron chi connectivity index (χ3n) is 3.27. The van der Waals surface area contributed by atoms with Crippen molar-refractivity contribution >= 4 is 29.2 Å². The molecule has 1 unspecified atom stereocenters. The summed E-state index contributed by atoms with van der Waals surface area (Å²) in [4.78, 5) is 13.2. The smallest absolute Gasteiger partial charge is 0.305 e. The maximum absolute atomic E-state index is 11.0. The molecule has 0 spiro atoms. The Labute approximate surface area is 116 Å². The SMILES string of the molecule is O=C(O)CC(c1ccc(Cl)cc1Cl)N1CCCC1. The Hall–Kier alpha value is -0.770. The third kappa shape index (κ3) is 3.16. The number of aliphatic carboxylic acids is 1. The van der Waals surface area contributed by atoms with E-state index in [2.05, 4.69) is 4.90 Å². The van der Waals surface area contributed by atoms with E-state index in [0.717, 1.165) is 31.5 Å². The molecule has 2 rings (SSSR count). The van der Waals surface area contributed by atoms with E-state index in [1.807, 2.05) is 6.07 Å². The van der Waals surface area contributed by atoms with E-state index in [0.29, 0.717) is 10.0 Å². The number of hydrogen-bond acceptors (Lipinski definition) is 2. The predicted octanol–water partition coefficient (Wildman–Crippen LogP) is 3.61. The van der Waals surface area contributed by atoms with Gasteiger partial charge in [0.2, 0.25) is 0 Å². The van der Waals surface area contributed by atoms with Gasteiger partial charge in [0.25, 0.3) is 0 Å². The molecule has 0 aromatic heterocycles. The van der Waals surface area contributed by atoms with Gasteiger partial charge < -0.3 is 5.11 Å². The van der Waals surface area contributed by atoms with Crippen molar-refractivity contribution in [2.24, 2.45) is 0 Å². The van der Waals surface area contributed by atoms with Gasteiger partial charge in [0.15, 0.2) is 0 Å². The largest absolute Gasteiger partial charge is 0.481 e. The molecule has 1 N–H and O–H groups in total.